The molecule has 0 aliphatic rings. The highest BCUT2D eigenvalue weighted by molar-refractivity contribution is 5.88. The van der Waals surface area contributed by atoms with E-state index in [9.17, 15) is 9.59 Å². The molecule has 0 aliphatic heterocycles. The third-order valence-corrected chi connectivity index (χ3v) is 5.86. The maximum Gasteiger partial charge on any atom is 0.261 e. The van der Waals surface area contributed by atoms with Crippen molar-refractivity contribution in [1.29, 1.82) is 0 Å². The first-order chi connectivity index (χ1) is 17.8. The molecule has 0 spiro atoms. The molecule has 3 aromatic rings. The number of ether oxygens (including phenoxy) is 3. The van der Waals surface area contributed by atoms with Gasteiger partial charge >= 0.3 is 0 Å². The van der Waals surface area contributed by atoms with Gasteiger partial charge in [0.05, 0.1) is 14.2 Å². The van der Waals surface area contributed by atoms with E-state index in [-0.39, 0.29) is 31.0 Å². The smallest absolute Gasteiger partial charge is 0.261 e. The van der Waals surface area contributed by atoms with Crippen molar-refractivity contribution in [2.45, 2.75) is 45.8 Å². The number of hydrogen-bond donors (Lipinski definition) is 1. The van der Waals surface area contributed by atoms with Gasteiger partial charge in [0.15, 0.2) is 6.61 Å². The van der Waals surface area contributed by atoms with Gasteiger partial charge in [-0.2, -0.15) is 0 Å². The third kappa shape index (κ3) is 8.27. The molecule has 0 saturated carbocycles. The van der Waals surface area contributed by atoms with Crippen molar-refractivity contribution >= 4 is 11.8 Å². The lowest BCUT2D eigenvalue weighted by Crippen LogP contribution is -2.52. The Bertz CT molecular complexity index is 1140. The Balaban J connectivity index is 1.91. The summed E-state index contributed by atoms with van der Waals surface area (Å²) < 4.78 is 16.5. The van der Waals surface area contributed by atoms with Crippen LogP contribution in [0.25, 0.3) is 0 Å². The Kier molecular flexibility index (Phi) is 9.95. The summed E-state index contributed by atoms with van der Waals surface area (Å²) in [6.45, 7) is 5.85. The van der Waals surface area contributed by atoms with Gasteiger partial charge in [0.2, 0.25) is 5.91 Å². The fourth-order valence-electron chi connectivity index (χ4n) is 3.92. The van der Waals surface area contributed by atoms with Gasteiger partial charge in [-0.05, 0) is 31.9 Å². The van der Waals surface area contributed by atoms with Gasteiger partial charge < -0.3 is 24.4 Å². The monoisotopic (exact) mass is 504 g/mol. The van der Waals surface area contributed by atoms with Crippen LogP contribution >= 0.6 is 0 Å². The van der Waals surface area contributed by atoms with Gasteiger partial charge in [-0.1, -0.05) is 60.2 Å². The standard InChI is InChI=1S/C30H36N2O5/c1-21(2)31-30(34)28(15-23-9-7-6-8-10-23)32(19-24-13-11-22(3)12-14-24)29(33)20-37-27-17-25(35-4)16-26(18-27)36-5/h6-14,16-18,21,28H,15,19-20H2,1-5H3,(H,31,34)/t28-/m1/s1. The van der Waals surface area contributed by atoms with Crippen molar-refractivity contribution in [3.05, 3.63) is 89.5 Å². The number of nitrogens with one attached hydrogen (secondary N) is 1. The summed E-state index contributed by atoms with van der Waals surface area (Å²) in [5.74, 6) is 1.03. The van der Waals surface area contributed by atoms with Gasteiger partial charge in [0, 0.05) is 37.2 Å². The molecule has 2 amide bonds. The van der Waals surface area contributed by atoms with E-state index in [1.807, 2.05) is 75.4 Å². The topological polar surface area (TPSA) is 77.1 Å². The molecule has 1 N–H and O–H groups in total. The number of carbonyl (C=O) groups excluding carboxylic acids is 2. The van der Waals surface area contributed by atoms with Crippen LogP contribution in [0.4, 0.5) is 0 Å². The molecule has 3 rings (SSSR count). The molecular formula is C30H36N2O5. The number of nitrogens with zero attached hydrogens (tertiary/aromatic N) is 1. The van der Waals surface area contributed by atoms with Crippen molar-refractivity contribution in [1.82, 2.24) is 10.2 Å². The SMILES string of the molecule is COc1cc(OC)cc(OCC(=O)N(Cc2ccc(C)cc2)[C@H](Cc2ccccc2)C(=O)NC(C)C)c1. The second kappa shape index (κ2) is 13.3. The van der Waals surface area contributed by atoms with E-state index in [1.165, 1.54) is 0 Å². The van der Waals surface area contributed by atoms with Gasteiger partial charge in [0.1, 0.15) is 23.3 Å². The molecule has 7 nitrogen and oxygen atoms in total. The molecule has 0 saturated heterocycles. The second-order valence-electron chi connectivity index (χ2n) is 9.21. The highest BCUT2D eigenvalue weighted by Crippen LogP contribution is 2.27. The lowest BCUT2D eigenvalue weighted by Gasteiger charge is -2.32. The number of methoxy groups -OCH3 is 2. The van der Waals surface area contributed by atoms with E-state index in [0.29, 0.717) is 23.7 Å². The minimum atomic E-state index is -0.720. The molecule has 0 unspecified atom stereocenters. The summed E-state index contributed by atoms with van der Waals surface area (Å²) in [4.78, 5) is 28.7. The van der Waals surface area contributed by atoms with E-state index < -0.39 is 6.04 Å². The van der Waals surface area contributed by atoms with Crippen LogP contribution in [0.1, 0.15) is 30.5 Å². The van der Waals surface area contributed by atoms with Crippen LogP contribution in [-0.4, -0.2) is 49.6 Å². The molecule has 0 aromatic heterocycles. The van der Waals surface area contributed by atoms with Crippen LogP contribution in [-0.2, 0) is 22.6 Å². The lowest BCUT2D eigenvalue weighted by molar-refractivity contribution is -0.143. The summed E-state index contributed by atoms with van der Waals surface area (Å²) in [6.07, 6.45) is 0.379. The molecule has 196 valence electrons. The number of aryl methyl sites for hydroxylation is 1. The van der Waals surface area contributed by atoms with Crippen molar-refractivity contribution in [3.63, 3.8) is 0 Å². The Hall–Kier alpha value is -4.00. The van der Waals surface area contributed by atoms with Gasteiger partial charge in [-0.25, -0.2) is 0 Å². The first-order valence-corrected chi connectivity index (χ1v) is 12.3. The first kappa shape index (κ1) is 27.6. The molecule has 7 heteroatoms. The summed E-state index contributed by atoms with van der Waals surface area (Å²) >= 11 is 0. The van der Waals surface area contributed by atoms with E-state index in [2.05, 4.69) is 5.32 Å². The highest BCUT2D eigenvalue weighted by Gasteiger charge is 2.31. The molecule has 0 aliphatic carbocycles. The zero-order valence-electron chi connectivity index (χ0n) is 22.2. The highest BCUT2D eigenvalue weighted by atomic mass is 16.5. The molecule has 0 bridgehead atoms. The molecule has 37 heavy (non-hydrogen) atoms. The Labute approximate surface area is 219 Å². The van der Waals surface area contributed by atoms with Gasteiger partial charge in [-0.3, -0.25) is 9.59 Å². The van der Waals surface area contributed by atoms with E-state index in [0.717, 1.165) is 16.7 Å². The van der Waals surface area contributed by atoms with Crippen LogP contribution in [0.15, 0.2) is 72.8 Å². The average Bonchev–Trinajstić information content (AvgIpc) is 2.90. The molecule has 0 heterocycles. The van der Waals surface area contributed by atoms with Crippen LogP contribution in [0.2, 0.25) is 0 Å². The number of hydrogen-bond acceptors (Lipinski definition) is 5. The second-order valence-corrected chi connectivity index (χ2v) is 9.21. The number of amides is 2. The van der Waals surface area contributed by atoms with Crippen molar-refractivity contribution in [2.24, 2.45) is 0 Å². The third-order valence-electron chi connectivity index (χ3n) is 5.86. The van der Waals surface area contributed by atoms with Crippen LogP contribution in [0, 0.1) is 6.92 Å². The Morgan fingerprint density at radius 3 is 2.00 bits per heavy atom. The predicted molar refractivity (Wildman–Crippen MR) is 144 cm³/mol. The molecule has 3 aromatic carbocycles. The van der Waals surface area contributed by atoms with Crippen molar-refractivity contribution < 1.29 is 23.8 Å². The fraction of sp³-hybridized carbons (Fsp3) is 0.333. The van der Waals surface area contributed by atoms with E-state index >= 15 is 0 Å². The quantitative estimate of drug-likeness (QED) is 0.391. The molecular weight excluding hydrogens is 468 g/mol. The number of carbonyl (C=O) groups is 2. The van der Waals surface area contributed by atoms with Gasteiger partial charge in [-0.15, -0.1) is 0 Å². The Morgan fingerprint density at radius 1 is 0.838 bits per heavy atom. The van der Waals surface area contributed by atoms with E-state index in [1.54, 1.807) is 37.3 Å². The molecule has 1 atom stereocenters. The number of benzene rings is 3. The first-order valence-electron chi connectivity index (χ1n) is 12.3. The van der Waals surface area contributed by atoms with Crippen LogP contribution in [0.3, 0.4) is 0 Å². The maximum absolute atomic E-state index is 13.7. The van der Waals surface area contributed by atoms with Crippen molar-refractivity contribution in [3.8, 4) is 17.2 Å². The minimum absolute atomic E-state index is 0.0670. The fourth-order valence-corrected chi connectivity index (χ4v) is 3.92. The summed E-state index contributed by atoms with van der Waals surface area (Å²) in [7, 11) is 3.10. The molecule has 0 radical (unpaired) electrons. The predicted octanol–water partition coefficient (Wildman–Crippen LogP) is 4.56. The summed E-state index contributed by atoms with van der Waals surface area (Å²) in [5.41, 5.74) is 3.01. The van der Waals surface area contributed by atoms with E-state index in [4.69, 9.17) is 14.2 Å². The number of rotatable bonds is 12. The zero-order chi connectivity index (χ0) is 26.8. The van der Waals surface area contributed by atoms with Crippen molar-refractivity contribution in [2.75, 3.05) is 20.8 Å². The summed E-state index contributed by atoms with van der Waals surface area (Å²) in [6, 6.07) is 22.0. The zero-order valence-corrected chi connectivity index (χ0v) is 22.2. The largest absolute Gasteiger partial charge is 0.496 e. The van der Waals surface area contributed by atoms with Gasteiger partial charge in [0.25, 0.3) is 5.91 Å². The maximum atomic E-state index is 13.7. The Morgan fingerprint density at radius 2 is 1.43 bits per heavy atom. The average molecular weight is 505 g/mol. The summed E-state index contributed by atoms with van der Waals surface area (Å²) in [5, 5.41) is 2.99. The molecule has 0 fully saturated rings. The van der Waals surface area contributed by atoms with Crippen LogP contribution < -0.4 is 19.5 Å². The normalized spacial score (nSPS) is 11.5. The minimum Gasteiger partial charge on any atom is -0.496 e. The van der Waals surface area contributed by atoms with Crippen LogP contribution in [0.5, 0.6) is 17.2 Å². The lowest BCUT2D eigenvalue weighted by atomic mass is 10.0.